The van der Waals surface area contributed by atoms with E-state index in [9.17, 15) is 14.4 Å². The van der Waals surface area contributed by atoms with Gasteiger partial charge in [0, 0.05) is 0 Å². The van der Waals surface area contributed by atoms with Crippen molar-refractivity contribution in [3.8, 4) is 0 Å². The molecule has 1 saturated carbocycles. The number of hydrogen-bond acceptors (Lipinski definition) is 7. The molecule has 4 N–H and O–H groups in total. The lowest BCUT2D eigenvalue weighted by atomic mass is 10.1. The molecule has 2 amide bonds. The number of aryl methyl sites for hydroxylation is 1. The fourth-order valence-electron chi connectivity index (χ4n) is 4.36. The van der Waals surface area contributed by atoms with Crippen LogP contribution in [-0.4, -0.2) is 26.3 Å². The fraction of sp³-hybridized carbons (Fsp3) is 0.316. The highest BCUT2D eigenvalue weighted by molar-refractivity contribution is 7.20. The number of rotatable bonds is 3. The Balaban J connectivity index is 1.65. The van der Waals surface area contributed by atoms with Crippen LogP contribution < -0.4 is 21.9 Å². The summed E-state index contributed by atoms with van der Waals surface area (Å²) in [6.45, 7) is 1.81. The second-order valence-corrected chi connectivity index (χ2v) is 8.49. The lowest BCUT2D eigenvalue weighted by Crippen LogP contribution is -2.45. The average molecular weight is 410 g/mol. The quantitative estimate of drug-likeness (QED) is 0.605. The van der Waals surface area contributed by atoms with E-state index in [0.29, 0.717) is 37.9 Å². The van der Waals surface area contributed by atoms with Crippen molar-refractivity contribution < 1.29 is 9.59 Å². The van der Waals surface area contributed by atoms with E-state index in [-0.39, 0.29) is 11.5 Å². The van der Waals surface area contributed by atoms with Crippen molar-refractivity contribution >= 4 is 44.9 Å². The second kappa shape index (κ2) is 6.11. The van der Waals surface area contributed by atoms with Gasteiger partial charge in [-0.2, -0.15) is 0 Å². The summed E-state index contributed by atoms with van der Waals surface area (Å²) in [4.78, 5) is 46.8. The number of primary amides is 1. The summed E-state index contributed by atoms with van der Waals surface area (Å²) in [5.74, 6) is -0.338. The van der Waals surface area contributed by atoms with E-state index >= 15 is 0 Å². The van der Waals surface area contributed by atoms with Crippen LogP contribution >= 0.6 is 11.3 Å². The third-order valence-electron chi connectivity index (χ3n) is 5.64. The van der Waals surface area contributed by atoms with E-state index in [2.05, 4.69) is 20.6 Å². The molecule has 1 fully saturated rings. The van der Waals surface area contributed by atoms with Gasteiger partial charge < -0.3 is 16.4 Å². The lowest BCUT2D eigenvalue weighted by Gasteiger charge is -2.26. The number of amides is 2. The number of aromatic nitrogens is 3. The van der Waals surface area contributed by atoms with E-state index in [1.165, 1.54) is 17.7 Å². The Kier molecular flexibility index (Phi) is 3.75. The van der Waals surface area contributed by atoms with E-state index in [1.54, 1.807) is 16.7 Å². The largest absolute Gasteiger partial charge is 0.365 e. The molecular weight excluding hydrogens is 392 g/mol. The highest BCUT2D eigenvalue weighted by atomic mass is 32.1. The Hall–Kier alpha value is -3.27. The normalized spacial score (nSPS) is 16.9. The Morgan fingerprint density at radius 3 is 2.76 bits per heavy atom. The summed E-state index contributed by atoms with van der Waals surface area (Å²) in [5, 5.41) is 6.73. The number of nitrogens with two attached hydrogens (primary N) is 1. The van der Waals surface area contributed by atoms with Crippen molar-refractivity contribution in [2.75, 3.05) is 5.32 Å². The topological polar surface area (TPSA) is 132 Å². The van der Waals surface area contributed by atoms with Gasteiger partial charge >= 0.3 is 0 Å². The summed E-state index contributed by atoms with van der Waals surface area (Å²) < 4.78 is 1.61. The molecule has 29 heavy (non-hydrogen) atoms. The van der Waals surface area contributed by atoms with Gasteiger partial charge in [-0.25, -0.2) is 9.97 Å². The van der Waals surface area contributed by atoms with Gasteiger partial charge in [-0.3, -0.25) is 19.0 Å². The molecule has 3 aromatic rings. The molecule has 10 heteroatoms. The Morgan fingerprint density at radius 2 is 2.03 bits per heavy atom. The Bertz CT molecular complexity index is 1250. The summed E-state index contributed by atoms with van der Waals surface area (Å²) in [6, 6.07) is 3.28. The van der Waals surface area contributed by atoms with Gasteiger partial charge in [0.25, 0.3) is 17.4 Å². The number of carbonyl (C=O) groups is 2. The standard InChI is InChI=1S/C19H18N6O3S/c1-9-6-11(18(28)25-13(9)16(27)24-19(25)4-2-3-5-19)23-15-10-7-12(14(20)26)29-17(10)22-8-21-15/h6-8H,2-5H2,1H3,(H2,20,26)(H,24,27)(H,21,22,23). The molecule has 1 aliphatic heterocycles. The predicted molar refractivity (Wildman–Crippen MR) is 109 cm³/mol. The summed E-state index contributed by atoms with van der Waals surface area (Å²) in [6.07, 6.45) is 4.76. The summed E-state index contributed by atoms with van der Waals surface area (Å²) in [7, 11) is 0. The third-order valence-corrected chi connectivity index (χ3v) is 6.69. The fourth-order valence-corrected chi connectivity index (χ4v) is 5.21. The molecule has 1 spiro atoms. The van der Waals surface area contributed by atoms with Gasteiger partial charge in [0.15, 0.2) is 0 Å². The zero-order valence-corrected chi connectivity index (χ0v) is 16.4. The van der Waals surface area contributed by atoms with Crippen molar-refractivity contribution in [1.82, 2.24) is 19.9 Å². The molecule has 9 nitrogen and oxygen atoms in total. The number of anilines is 2. The molecule has 1 aliphatic carbocycles. The van der Waals surface area contributed by atoms with Crippen LogP contribution in [0.15, 0.2) is 23.3 Å². The number of pyridine rings is 1. The average Bonchev–Trinajstić information content (AvgIpc) is 3.38. The van der Waals surface area contributed by atoms with Gasteiger partial charge in [0.1, 0.15) is 34.0 Å². The molecule has 2 aliphatic rings. The molecule has 0 saturated heterocycles. The van der Waals surface area contributed by atoms with Crippen LogP contribution in [0.5, 0.6) is 0 Å². The first-order chi connectivity index (χ1) is 13.9. The highest BCUT2D eigenvalue weighted by Gasteiger charge is 2.46. The van der Waals surface area contributed by atoms with E-state index < -0.39 is 11.6 Å². The summed E-state index contributed by atoms with van der Waals surface area (Å²) >= 11 is 1.17. The molecule has 0 bridgehead atoms. The van der Waals surface area contributed by atoms with Crippen LogP contribution in [0, 0.1) is 6.92 Å². The first-order valence-electron chi connectivity index (χ1n) is 9.31. The number of nitrogens with one attached hydrogen (secondary N) is 2. The number of thiophene rings is 1. The molecule has 3 aromatic heterocycles. The minimum Gasteiger partial charge on any atom is -0.365 e. The monoisotopic (exact) mass is 410 g/mol. The van der Waals surface area contributed by atoms with Crippen molar-refractivity contribution in [3.05, 3.63) is 44.9 Å². The van der Waals surface area contributed by atoms with Crippen LogP contribution in [0.1, 0.15) is 51.4 Å². The molecule has 0 unspecified atom stereocenters. The number of carbonyl (C=O) groups excluding carboxylic acids is 2. The van der Waals surface area contributed by atoms with Crippen molar-refractivity contribution in [2.45, 2.75) is 38.3 Å². The molecule has 5 rings (SSSR count). The van der Waals surface area contributed by atoms with Crippen LogP contribution in [0.3, 0.4) is 0 Å². The van der Waals surface area contributed by atoms with Crippen LogP contribution in [0.4, 0.5) is 11.5 Å². The summed E-state index contributed by atoms with van der Waals surface area (Å²) in [5.41, 5.74) is 5.90. The first kappa shape index (κ1) is 17.8. The number of nitrogens with zero attached hydrogens (tertiary/aromatic N) is 3. The SMILES string of the molecule is Cc1cc(Nc2ncnc3sc(C(N)=O)cc23)c(=O)n2c1C(=O)NC21CCCC1. The van der Waals surface area contributed by atoms with Crippen molar-refractivity contribution in [1.29, 1.82) is 0 Å². The second-order valence-electron chi connectivity index (χ2n) is 7.46. The van der Waals surface area contributed by atoms with Crippen LogP contribution in [0.25, 0.3) is 10.2 Å². The first-order valence-corrected chi connectivity index (χ1v) is 10.1. The van der Waals surface area contributed by atoms with Crippen molar-refractivity contribution in [3.63, 3.8) is 0 Å². The molecule has 0 atom stereocenters. The number of fused-ring (bicyclic) bond motifs is 3. The predicted octanol–water partition coefficient (Wildman–Crippen LogP) is 1.97. The van der Waals surface area contributed by atoms with E-state index in [4.69, 9.17) is 5.73 Å². The van der Waals surface area contributed by atoms with E-state index in [1.807, 2.05) is 6.92 Å². The maximum Gasteiger partial charge on any atom is 0.276 e. The zero-order chi connectivity index (χ0) is 20.3. The van der Waals surface area contributed by atoms with Crippen molar-refractivity contribution in [2.24, 2.45) is 5.73 Å². The van der Waals surface area contributed by atoms with Gasteiger partial charge in [-0.15, -0.1) is 11.3 Å². The van der Waals surface area contributed by atoms with Crippen LogP contribution in [0.2, 0.25) is 0 Å². The van der Waals surface area contributed by atoms with E-state index in [0.717, 1.165) is 25.7 Å². The molecule has 4 heterocycles. The maximum absolute atomic E-state index is 13.4. The zero-order valence-electron chi connectivity index (χ0n) is 15.6. The highest BCUT2D eigenvalue weighted by Crippen LogP contribution is 2.39. The number of hydrogen-bond donors (Lipinski definition) is 3. The molecular formula is C19H18N6O3S. The lowest BCUT2D eigenvalue weighted by molar-refractivity contribution is 0.0919. The Labute approximate surface area is 169 Å². The van der Waals surface area contributed by atoms with Gasteiger partial charge in [0.05, 0.1) is 10.3 Å². The van der Waals surface area contributed by atoms with Gasteiger partial charge in [-0.1, -0.05) is 0 Å². The smallest absolute Gasteiger partial charge is 0.276 e. The van der Waals surface area contributed by atoms with Gasteiger partial charge in [-0.05, 0) is 50.3 Å². The molecule has 0 radical (unpaired) electrons. The maximum atomic E-state index is 13.4. The molecule has 0 aromatic carbocycles. The minimum absolute atomic E-state index is 0.207. The van der Waals surface area contributed by atoms with Gasteiger partial charge in [0.2, 0.25) is 0 Å². The minimum atomic E-state index is -0.644. The third kappa shape index (κ3) is 2.55. The van der Waals surface area contributed by atoms with Crippen LogP contribution in [-0.2, 0) is 5.66 Å². The molecule has 148 valence electrons. The Morgan fingerprint density at radius 1 is 1.28 bits per heavy atom.